The average molecular weight is 256 g/mol. The first-order valence-electron chi connectivity index (χ1n) is 4.85. The fraction of sp³-hybridized carbons (Fsp3) is 0.455. The Bertz CT molecular complexity index is 340. The van der Waals surface area contributed by atoms with Crippen LogP contribution in [-0.4, -0.2) is 13.2 Å². The lowest BCUT2D eigenvalue weighted by Gasteiger charge is -2.31. The molecule has 0 radical (unpaired) electrons. The summed E-state index contributed by atoms with van der Waals surface area (Å²) >= 11 is 3.50. The van der Waals surface area contributed by atoms with Gasteiger partial charge in [0.25, 0.3) is 0 Å². The fourth-order valence-electron chi connectivity index (χ4n) is 1.90. The molecule has 2 nitrogen and oxygen atoms in total. The van der Waals surface area contributed by atoms with E-state index >= 15 is 0 Å². The van der Waals surface area contributed by atoms with Gasteiger partial charge in [0.05, 0.1) is 11.1 Å². The SMILES string of the molecule is CC1c2cccc(Br)c2OCC1CN. The molecule has 3 heteroatoms. The van der Waals surface area contributed by atoms with Crippen molar-refractivity contribution < 1.29 is 4.74 Å². The Balaban J connectivity index is 2.41. The second-order valence-corrected chi connectivity index (χ2v) is 4.61. The van der Waals surface area contributed by atoms with Crippen LogP contribution in [-0.2, 0) is 0 Å². The number of para-hydroxylation sites is 1. The van der Waals surface area contributed by atoms with Gasteiger partial charge in [-0.2, -0.15) is 0 Å². The predicted octanol–water partition coefficient (Wildman–Crippen LogP) is 2.52. The number of fused-ring (bicyclic) bond motifs is 1. The van der Waals surface area contributed by atoms with Crippen LogP contribution in [0.5, 0.6) is 5.75 Å². The van der Waals surface area contributed by atoms with Gasteiger partial charge in [0.15, 0.2) is 0 Å². The van der Waals surface area contributed by atoms with Gasteiger partial charge in [-0.05, 0) is 40.0 Å². The van der Waals surface area contributed by atoms with Crippen LogP contribution in [0.4, 0.5) is 0 Å². The molecule has 0 spiro atoms. The van der Waals surface area contributed by atoms with Crippen molar-refractivity contribution in [2.75, 3.05) is 13.2 Å². The van der Waals surface area contributed by atoms with E-state index in [0.29, 0.717) is 18.4 Å². The van der Waals surface area contributed by atoms with Crippen molar-refractivity contribution in [2.24, 2.45) is 11.7 Å². The first-order valence-corrected chi connectivity index (χ1v) is 5.64. The van der Waals surface area contributed by atoms with Crippen molar-refractivity contribution >= 4 is 15.9 Å². The van der Waals surface area contributed by atoms with Crippen molar-refractivity contribution in [1.82, 2.24) is 0 Å². The lowest BCUT2D eigenvalue weighted by atomic mass is 9.86. The van der Waals surface area contributed by atoms with Gasteiger partial charge in [0.2, 0.25) is 0 Å². The Morgan fingerprint density at radius 1 is 1.57 bits per heavy atom. The molecule has 0 saturated carbocycles. The summed E-state index contributed by atoms with van der Waals surface area (Å²) in [5.74, 6) is 1.92. The van der Waals surface area contributed by atoms with E-state index in [2.05, 4.69) is 28.9 Å². The normalized spacial score (nSPS) is 25.4. The molecule has 2 rings (SSSR count). The molecule has 1 heterocycles. The molecule has 1 aromatic rings. The fourth-order valence-corrected chi connectivity index (χ4v) is 2.39. The summed E-state index contributed by atoms with van der Waals surface area (Å²) in [6.07, 6.45) is 0. The van der Waals surface area contributed by atoms with E-state index in [4.69, 9.17) is 10.5 Å². The van der Waals surface area contributed by atoms with E-state index in [0.717, 1.165) is 16.8 Å². The lowest BCUT2D eigenvalue weighted by molar-refractivity contribution is 0.202. The van der Waals surface area contributed by atoms with Crippen LogP contribution < -0.4 is 10.5 Å². The zero-order valence-electron chi connectivity index (χ0n) is 8.16. The minimum atomic E-state index is 0.441. The van der Waals surface area contributed by atoms with Crippen LogP contribution >= 0.6 is 15.9 Å². The molecule has 0 aromatic heterocycles. The van der Waals surface area contributed by atoms with E-state index in [1.54, 1.807) is 0 Å². The Kier molecular flexibility index (Phi) is 2.79. The molecular weight excluding hydrogens is 242 g/mol. The van der Waals surface area contributed by atoms with Gasteiger partial charge in [-0.1, -0.05) is 19.1 Å². The molecule has 1 aliphatic rings. The number of hydrogen-bond acceptors (Lipinski definition) is 2. The van der Waals surface area contributed by atoms with Gasteiger partial charge < -0.3 is 10.5 Å². The quantitative estimate of drug-likeness (QED) is 0.837. The van der Waals surface area contributed by atoms with Gasteiger partial charge in [-0.25, -0.2) is 0 Å². The predicted molar refractivity (Wildman–Crippen MR) is 60.6 cm³/mol. The molecule has 2 atom stereocenters. The highest BCUT2D eigenvalue weighted by Gasteiger charge is 2.27. The van der Waals surface area contributed by atoms with E-state index in [-0.39, 0.29) is 0 Å². The van der Waals surface area contributed by atoms with Gasteiger partial charge in [-0.3, -0.25) is 0 Å². The van der Waals surface area contributed by atoms with Crippen molar-refractivity contribution in [3.8, 4) is 5.75 Å². The van der Waals surface area contributed by atoms with Crippen molar-refractivity contribution in [3.63, 3.8) is 0 Å². The zero-order chi connectivity index (χ0) is 10.1. The molecule has 2 N–H and O–H groups in total. The van der Waals surface area contributed by atoms with E-state index in [9.17, 15) is 0 Å². The molecule has 0 fully saturated rings. The lowest BCUT2D eigenvalue weighted by Crippen LogP contribution is -2.30. The number of halogens is 1. The summed E-state index contributed by atoms with van der Waals surface area (Å²) in [6, 6.07) is 6.17. The van der Waals surface area contributed by atoms with Crippen molar-refractivity contribution in [1.29, 1.82) is 0 Å². The summed E-state index contributed by atoms with van der Waals surface area (Å²) in [6.45, 7) is 3.63. The van der Waals surface area contributed by atoms with Crippen molar-refractivity contribution in [2.45, 2.75) is 12.8 Å². The van der Waals surface area contributed by atoms with Crippen LogP contribution in [0.15, 0.2) is 22.7 Å². The maximum atomic E-state index is 5.70. The van der Waals surface area contributed by atoms with Crippen LogP contribution in [0.3, 0.4) is 0 Å². The number of ether oxygens (including phenoxy) is 1. The minimum Gasteiger partial charge on any atom is -0.492 e. The summed E-state index contributed by atoms with van der Waals surface area (Å²) < 4.78 is 6.74. The number of rotatable bonds is 1. The second-order valence-electron chi connectivity index (χ2n) is 3.75. The van der Waals surface area contributed by atoms with E-state index in [1.165, 1.54) is 5.56 Å². The molecule has 0 bridgehead atoms. The topological polar surface area (TPSA) is 35.2 Å². The molecule has 0 amide bonds. The summed E-state index contributed by atoms with van der Waals surface area (Å²) in [5, 5.41) is 0. The summed E-state index contributed by atoms with van der Waals surface area (Å²) in [7, 11) is 0. The zero-order valence-corrected chi connectivity index (χ0v) is 9.75. The first-order chi connectivity index (χ1) is 6.74. The summed E-state index contributed by atoms with van der Waals surface area (Å²) in [4.78, 5) is 0. The highest BCUT2D eigenvalue weighted by Crippen LogP contribution is 2.40. The van der Waals surface area contributed by atoms with Crippen LogP contribution in [0.25, 0.3) is 0 Å². The molecule has 0 saturated heterocycles. The third-order valence-corrected chi connectivity index (χ3v) is 3.56. The maximum absolute atomic E-state index is 5.70. The van der Waals surface area contributed by atoms with E-state index < -0.39 is 0 Å². The molecule has 76 valence electrons. The minimum absolute atomic E-state index is 0.441. The Labute approximate surface area is 92.6 Å². The molecule has 1 aromatic carbocycles. The number of nitrogens with two attached hydrogens (primary N) is 1. The Morgan fingerprint density at radius 2 is 2.36 bits per heavy atom. The standard InChI is InChI=1S/C11H14BrNO/c1-7-8(5-13)6-14-11-9(7)3-2-4-10(11)12/h2-4,7-8H,5-6,13H2,1H3. The largest absolute Gasteiger partial charge is 0.492 e. The maximum Gasteiger partial charge on any atom is 0.136 e. The molecule has 0 aliphatic carbocycles. The Morgan fingerprint density at radius 3 is 3.07 bits per heavy atom. The van der Waals surface area contributed by atoms with Gasteiger partial charge >= 0.3 is 0 Å². The monoisotopic (exact) mass is 255 g/mol. The van der Waals surface area contributed by atoms with Gasteiger partial charge in [0, 0.05) is 5.92 Å². The first kappa shape index (κ1) is 9.99. The molecule has 1 aliphatic heterocycles. The van der Waals surface area contributed by atoms with E-state index in [1.807, 2.05) is 12.1 Å². The van der Waals surface area contributed by atoms with Crippen LogP contribution in [0.2, 0.25) is 0 Å². The summed E-state index contributed by atoms with van der Waals surface area (Å²) in [5.41, 5.74) is 6.96. The molecule has 14 heavy (non-hydrogen) atoms. The van der Waals surface area contributed by atoms with Crippen LogP contribution in [0, 0.1) is 5.92 Å². The van der Waals surface area contributed by atoms with Gasteiger partial charge in [-0.15, -0.1) is 0 Å². The average Bonchev–Trinajstić information content (AvgIpc) is 2.20. The number of benzene rings is 1. The van der Waals surface area contributed by atoms with Crippen LogP contribution in [0.1, 0.15) is 18.4 Å². The second kappa shape index (κ2) is 3.91. The third-order valence-electron chi connectivity index (χ3n) is 2.94. The smallest absolute Gasteiger partial charge is 0.136 e. The van der Waals surface area contributed by atoms with Gasteiger partial charge in [0.1, 0.15) is 5.75 Å². The molecule has 2 unspecified atom stereocenters. The Hall–Kier alpha value is -0.540. The highest BCUT2D eigenvalue weighted by atomic mass is 79.9. The third kappa shape index (κ3) is 1.55. The van der Waals surface area contributed by atoms with Crippen molar-refractivity contribution in [3.05, 3.63) is 28.2 Å². The number of hydrogen-bond donors (Lipinski definition) is 1. The molecular formula is C11H14BrNO. The highest BCUT2D eigenvalue weighted by molar-refractivity contribution is 9.10.